The molecule has 13 heavy (non-hydrogen) atoms. The SMILES string of the molecule is CCn1ccnc1NC1(CO)CC1. The van der Waals surface area contributed by atoms with Crippen LogP contribution in [0.1, 0.15) is 19.8 Å². The largest absolute Gasteiger partial charge is 0.394 e. The van der Waals surface area contributed by atoms with Gasteiger partial charge in [-0.1, -0.05) is 0 Å². The molecule has 1 fully saturated rings. The van der Waals surface area contributed by atoms with Crippen molar-refractivity contribution in [2.75, 3.05) is 11.9 Å². The van der Waals surface area contributed by atoms with Crippen molar-refractivity contribution in [3.05, 3.63) is 12.4 Å². The minimum atomic E-state index is -0.0712. The lowest BCUT2D eigenvalue weighted by Crippen LogP contribution is -2.27. The number of hydrogen-bond donors (Lipinski definition) is 2. The van der Waals surface area contributed by atoms with Gasteiger partial charge in [0.2, 0.25) is 5.95 Å². The van der Waals surface area contributed by atoms with E-state index in [1.165, 1.54) is 0 Å². The molecular formula is C9H15N3O. The highest BCUT2D eigenvalue weighted by Gasteiger charge is 2.42. The number of aryl methyl sites for hydroxylation is 1. The Hall–Kier alpha value is -1.03. The van der Waals surface area contributed by atoms with Crippen LogP contribution in [0.5, 0.6) is 0 Å². The zero-order chi connectivity index (χ0) is 9.31. The maximum absolute atomic E-state index is 9.12. The molecule has 0 amide bonds. The zero-order valence-electron chi connectivity index (χ0n) is 7.82. The second-order valence-electron chi connectivity index (χ2n) is 3.60. The molecule has 0 unspecified atom stereocenters. The molecule has 4 heteroatoms. The molecule has 0 aliphatic heterocycles. The van der Waals surface area contributed by atoms with Gasteiger partial charge in [0.25, 0.3) is 0 Å². The second-order valence-corrected chi connectivity index (χ2v) is 3.60. The van der Waals surface area contributed by atoms with Crippen LogP contribution in [0.4, 0.5) is 5.95 Å². The van der Waals surface area contributed by atoms with Gasteiger partial charge in [-0.25, -0.2) is 4.98 Å². The first-order chi connectivity index (χ1) is 6.29. The average molecular weight is 181 g/mol. The van der Waals surface area contributed by atoms with E-state index in [0.29, 0.717) is 0 Å². The van der Waals surface area contributed by atoms with E-state index < -0.39 is 0 Å². The van der Waals surface area contributed by atoms with Gasteiger partial charge in [0.15, 0.2) is 0 Å². The molecule has 1 aromatic rings. The van der Waals surface area contributed by atoms with Crippen LogP contribution >= 0.6 is 0 Å². The molecule has 0 bridgehead atoms. The van der Waals surface area contributed by atoms with Crippen LogP contribution in [0.15, 0.2) is 12.4 Å². The van der Waals surface area contributed by atoms with Crippen molar-refractivity contribution in [2.45, 2.75) is 31.8 Å². The Kier molecular flexibility index (Phi) is 2.00. The summed E-state index contributed by atoms with van der Waals surface area (Å²) in [7, 11) is 0. The maximum Gasteiger partial charge on any atom is 0.203 e. The summed E-state index contributed by atoms with van der Waals surface area (Å²) in [5, 5.41) is 12.4. The van der Waals surface area contributed by atoms with E-state index in [2.05, 4.69) is 17.2 Å². The van der Waals surface area contributed by atoms with E-state index in [0.717, 1.165) is 25.3 Å². The van der Waals surface area contributed by atoms with Gasteiger partial charge >= 0.3 is 0 Å². The molecule has 1 aliphatic rings. The van der Waals surface area contributed by atoms with Gasteiger partial charge in [0.1, 0.15) is 0 Å². The highest BCUT2D eigenvalue weighted by Crippen LogP contribution is 2.37. The van der Waals surface area contributed by atoms with Crippen molar-refractivity contribution in [2.24, 2.45) is 0 Å². The van der Waals surface area contributed by atoms with Crippen LogP contribution in [0.2, 0.25) is 0 Å². The molecule has 0 aromatic carbocycles. The summed E-state index contributed by atoms with van der Waals surface area (Å²) >= 11 is 0. The molecular weight excluding hydrogens is 166 g/mol. The van der Waals surface area contributed by atoms with Crippen LogP contribution in [0.25, 0.3) is 0 Å². The van der Waals surface area contributed by atoms with Crippen LogP contribution in [0, 0.1) is 0 Å². The smallest absolute Gasteiger partial charge is 0.203 e. The summed E-state index contributed by atoms with van der Waals surface area (Å²) in [6, 6.07) is 0. The summed E-state index contributed by atoms with van der Waals surface area (Å²) in [5.74, 6) is 0.869. The first kappa shape index (κ1) is 8.56. The monoisotopic (exact) mass is 181 g/mol. The number of hydrogen-bond acceptors (Lipinski definition) is 3. The third kappa shape index (κ3) is 1.54. The Morgan fingerprint density at radius 3 is 3.00 bits per heavy atom. The zero-order valence-corrected chi connectivity index (χ0v) is 7.82. The fraction of sp³-hybridized carbons (Fsp3) is 0.667. The van der Waals surface area contributed by atoms with E-state index >= 15 is 0 Å². The third-order valence-corrected chi connectivity index (χ3v) is 2.59. The van der Waals surface area contributed by atoms with E-state index in [4.69, 9.17) is 5.11 Å². The normalized spacial score (nSPS) is 18.6. The molecule has 0 saturated heterocycles. The first-order valence-electron chi connectivity index (χ1n) is 4.70. The molecule has 4 nitrogen and oxygen atoms in total. The Bertz CT molecular complexity index is 291. The van der Waals surface area contributed by atoms with Gasteiger partial charge in [-0.3, -0.25) is 0 Å². The standard InChI is InChI=1S/C9H15N3O/c1-2-12-6-5-10-8(12)11-9(7-13)3-4-9/h5-6,13H,2-4,7H2,1H3,(H,10,11). The van der Waals surface area contributed by atoms with Crippen LogP contribution in [-0.2, 0) is 6.54 Å². The third-order valence-electron chi connectivity index (χ3n) is 2.59. The summed E-state index contributed by atoms with van der Waals surface area (Å²) in [5.41, 5.74) is -0.0712. The van der Waals surface area contributed by atoms with Crippen LogP contribution < -0.4 is 5.32 Å². The maximum atomic E-state index is 9.12. The van der Waals surface area contributed by atoms with Crippen molar-refractivity contribution in [3.63, 3.8) is 0 Å². The lowest BCUT2D eigenvalue weighted by molar-refractivity contribution is 0.265. The van der Waals surface area contributed by atoms with Gasteiger partial charge in [-0.05, 0) is 19.8 Å². The molecule has 1 aliphatic carbocycles. The number of aliphatic hydroxyl groups excluding tert-OH is 1. The lowest BCUT2D eigenvalue weighted by Gasteiger charge is -2.15. The number of imidazole rings is 1. The molecule has 2 N–H and O–H groups in total. The van der Waals surface area contributed by atoms with Gasteiger partial charge < -0.3 is 15.0 Å². The summed E-state index contributed by atoms with van der Waals surface area (Å²) in [4.78, 5) is 4.20. The number of aliphatic hydroxyl groups is 1. The average Bonchev–Trinajstić information content (AvgIpc) is 2.78. The molecule has 1 heterocycles. The van der Waals surface area contributed by atoms with E-state index in [1.807, 2.05) is 10.8 Å². The summed E-state index contributed by atoms with van der Waals surface area (Å²) in [6.45, 7) is 3.18. The highest BCUT2D eigenvalue weighted by molar-refractivity contribution is 5.34. The van der Waals surface area contributed by atoms with Crippen LogP contribution in [-0.4, -0.2) is 26.8 Å². The molecule has 0 atom stereocenters. The van der Waals surface area contributed by atoms with Crippen molar-refractivity contribution in [1.29, 1.82) is 0 Å². The minimum absolute atomic E-state index is 0.0712. The quantitative estimate of drug-likeness (QED) is 0.723. The molecule has 0 spiro atoms. The van der Waals surface area contributed by atoms with Gasteiger partial charge in [-0.2, -0.15) is 0 Å². The van der Waals surface area contributed by atoms with E-state index in [1.54, 1.807) is 6.20 Å². The fourth-order valence-corrected chi connectivity index (χ4v) is 1.40. The number of rotatable bonds is 4. The number of nitrogens with one attached hydrogen (secondary N) is 1. The van der Waals surface area contributed by atoms with Crippen LogP contribution in [0.3, 0.4) is 0 Å². The molecule has 1 aromatic heterocycles. The Balaban J connectivity index is 2.09. The van der Waals surface area contributed by atoms with Gasteiger partial charge in [0, 0.05) is 18.9 Å². The number of aromatic nitrogens is 2. The van der Waals surface area contributed by atoms with E-state index in [-0.39, 0.29) is 12.1 Å². The van der Waals surface area contributed by atoms with Crippen molar-refractivity contribution >= 4 is 5.95 Å². The van der Waals surface area contributed by atoms with Gasteiger partial charge in [0.05, 0.1) is 12.1 Å². The number of nitrogens with zero attached hydrogens (tertiary/aromatic N) is 2. The predicted octanol–water partition coefficient (Wildman–Crippen LogP) is 0.840. The Morgan fingerprint density at radius 2 is 2.46 bits per heavy atom. The first-order valence-corrected chi connectivity index (χ1v) is 4.70. The lowest BCUT2D eigenvalue weighted by atomic mass is 10.3. The Morgan fingerprint density at radius 1 is 1.69 bits per heavy atom. The minimum Gasteiger partial charge on any atom is -0.394 e. The van der Waals surface area contributed by atoms with Crippen molar-refractivity contribution < 1.29 is 5.11 Å². The van der Waals surface area contributed by atoms with E-state index in [9.17, 15) is 0 Å². The molecule has 0 radical (unpaired) electrons. The van der Waals surface area contributed by atoms with Crippen molar-refractivity contribution in [1.82, 2.24) is 9.55 Å². The predicted molar refractivity (Wildman–Crippen MR) is 50.6 cm³/mol. The Labute approximate surface area is 77.6 Å². The van der Waals surface area contributed by atoms with Gasteiger partial charge in [-0.15, -0.1) is 0 Å². The summed E-state index contributed by atoms with van der Waals surface area (Å²) in [6.07, 6.45) is 5.80. The molecule has 1 saturated carbocycles. The topological polar surface area (TPSA) is 50.1 Å². The molecule has 2 rings (SSSR count). The fourth-order valence-electron chi connectivity index (χ4n) is 1.40. The second kappa shape index (κ2) is 3.03. The van der Waals surface area contributed by atoms with Crippen molar-refractivity contribution in [3.8, 4) is 0 Å². The molecule has 72 valence electrons. The summed E-state index contributed by atoms with van der Waals surface area (Å²) < 4.78 is 2.04. The highest BCUT2D eigenvalue weighted by atomic mass is 16.3. The number of anilines is 1.